The van der Waals surface area contributed by atoms with Gasteiger partial charge in [-0.3, -0.25) is 4.79 Å². The van der Waals surface area contributed by atoms with Crippen molar-refractivity contribution in [2.75, 3.05) is 26.0 Å². The molecule has 0 aliphatic carbocycles. The largest absolute Gasteiger partial charge is 0.497 e. The number of anilines is 1. The van der Waals surface area contributed by atoms with Crippen molar-refractivity contribution in [3.8, 4) is 22.1 Å². The quantitative estimate of drug-likeness (QED) is 0.461. The number of nitrogen functional groups attached to an aromatic ring is 1. The Labute approximate surface area is 162 Å². The van der Waals surface area contributed by atoms with Crippen LogP contribution in [0.1, 0.15) is 5.69 Å². The minimum absolute atomic E-state index is 0.0915. The van der Waals surface area contributed by atoms with Crippen molar-refractivity contribution in [1.82, 2.24) is 10.3 Å². The molecular weight excluding hydrogens is 362 g/mol. The molecule has 1 amide bonds. The van der Waals surface area contributed by atoms with E-state index in [9.17, 15) is 4.79 Å². The maximum absolute atomic E-state index is 12.1. The number of rotatable bonds is 8. The number of thiazole rings is 1. The Balaban J connectivity index is 1.43. The van der Waals surface area contributed by atoms with Crippen LogP contribution in [0.5, 0.6) is 11.5 Å². The van der Waals surface area contributed by atoms with E-state index in [0.29, 0.717) is 18.8 Å². The van der Waals surface area contributed by atoms with Crippen LogP contribution >= 0.6 is 11.3 Å². The van der Waals surface area contributed by atoms with E-state index in [1.165, 1.54) is 11.3 Å². The summed E-state index contributed by atoms with van der Waals surface area (Å²) in [6.07, 6.45) is 0.228. The SMILES string of the molecule is COc1ccc(OCCNC(=O)Cc2csc(-c3ccccc3N)n2)cc1. The van der Waals surface area contributed by atoms with Gasteiger partial charge in [0, 0.05) is 16.6 Å². The third kappa shape index (κ3) is 5.21. The second kappa shape index (κ2) is 9.05. The van der Waals surface area contributed by atoms with Gasteiger partial charge < -0.3 is 20.5 Å². The maximum atomic E-state index is 12.1. The highest BCUT2D eigenvalue weighted by Gasteiger charge is 2.10. The summed E-state index contributed by atoms with van der Waals surface area (Å²) in [5.41, 5.74) is 8.27. The summed E-state index contributed by atoms with van der Waals surface area (Å²) in [4.78, 5) is 16.6. The monoisotopic (exact) mass is 383 g/mol. The molecule has 140 valence electrons. The summed E-state index contributed by atoms with van der Waals surface area (Å²) < 4.78 is 10.7. The van der Waals surface area contributed by atoms with Crippen LogP contribution in [-0.2, 0) is 11.2 Å². The molecule has 3 N–H and O–H groups in total. The number of para-hydroxylation sites is 1. The first-order chi connectivity index (χ1) is 13.2. The number of hydrogen-bond donors (Lipinski definition) is 2. The predicted molar refractivity (Wildman–Crippen MR) is 107 cm³/mol. The normalized spacial score (nSPS) is 10.4. The van der Waals surface area contributed by atoms with Gasteiger partial charge in [0.2, 0.25) is 5.91 Å². The number of ether oxygens (including phenoxy) is 2. The lowest BCUT2D eigenvalue weighted by Crippen LogP contribution is -2.29. The summed E-state index contributed by atoms with van der Waals surface area (Å²) >= 11 is 1.48. The first kappa shape index (κ1) is 18.7. The second-order valence-corrected chi connectivity index (χ2v) is 6.64. The summed E-state index contributed by atoms with van der Waals surface area (Å²) in [5.74, 6) is 1.41. The maximum Gasteiger partial charge on any atom is 0.226 e. The lowest BCUT2D eigenvalue weighted by Gasteiger charge is -2.08. The fourth-order valence-electron chi connectivity index (χ4n) is 2.46. The molecule has 0 saturated heterocycles. The van der Waals surface area contributed by atoms with Crippen molar-refractivity contribution >= 4 is 22.9 Å². The van der Waals surface area contributed by atoms with Crippen LogP contribution in [0.3, 0.4) is 0 Å². The number of carbonyl (C=O) groups excluding carboxylic acids is 1. The van der Waals surface area contributed by atoms with Crippen LogP contribution in [0.15, 0.2) is 53.9 Å². The van der Waals surface area contributed by atoms with Crippen LogP contribution in [0.25, 0.3) is 10.6 Å². The van der Waals surface area contributed by atoms with Crippen LogP contribution in [0.4, 0.5) is 5.69 Å². The standard InChI is InChI=1S/C20H21N3O3S/c1-25-15-6-8-16(9-7-15)26-11-10-22-19(24)12-14-13-27-20(23-14)17-4-2-3-5-18(17)21/h2-9,13H,10-12,21H2,1H3,(H,22,24). The lowest BCUT2D eigenvalue weighted by molar-refractivity contribution is -0.120. The first-order valence-electron chi connectivity index (χ1n) is 8.48. The average molecular weight is 383 g/mol. The molecule has 0 atom stereocenters. The van der Waals surface area contributed by atoms with E-state index < -0.39 is 0 Å². The molecule has 0 radical (unpaired) electrons. The smallest absolute Gasteiger partial charge is 0.226 e. The molecule has 1 heterocycles. The summed E-state index contributed by atoms with van der Waals surface area (Å²) in [6, 6.07) is 14.9. The van der Waals surface area contributed by atoms with E-state index >= 15 is 0 Å². The van der Waals surface area contributed by atoms with Crippen LogP contribution in [0.2, 0.25) is 0 Å². The number of nitrogens with two attached hydrogens (primary N) is 1. The Bertz CT molecular complexity index is 893. The van der Waals surface area contributed by atoms with E-state index in [4.69, 9.17) is 15.2 Å². The van der Waals surface area contributed by atoms with Gasteiger partial charge in [0.15, 0.2) is 0 Å². The molecule has 3 aromatic rings. The van der Waals surface area contributed by atoms with E-state index in [0.717, 1.165) is 27.8 Å². The number of carbonyl (C=O) groups is 1. The number of hydrogen-bond acceptors (Lipinski definition) is 6. The zero-order valence-electron chi connectivity index (χ0n) is 15.0. The van der Waals surface area contributed by atoms with Crippen LogP contribution in [-0.4, -0.2) is 31.2 Å². The Morgan fingerprint density at radius 1 is 1.15 bits per heavy atom. The zero-order chi connectivity index (χ0) is 19.1. The fraction of sp³-hybridized carbons (Fsp3) is 0.200. The van der Waals surface area contributed by atoms with E-state index in [-0.39, 0.29) is 12.3 Å². The van der Waals surface area contributed by atoms with E-state index in [2.05, 4.69) is 10.3 Å². The fourth-order valence-corrected chi connectivity index (χ4v) is 3.33. The van der Waals surface area contributed by atoms with Gasteiger partial charge >= 0.3 is 0 Å². The van der Waals surface area contributed by atoms with Crippen molar-refractivity contribution in [3.63, 3.8) is 0 Å². The Morgan fingerprint density at radius 2 is 1.89 bits per heavy atom. The molecule has 27 heavy (non-hydrogen) atoms. The van der Waals surface area contributed by atoms with Gasteiger partial charge in [-0.15, -0.1) is 11.3 Å². The molecule has 0 fully saturated rings. The number of nitrogens with zero attached hydrogens (tertiary/aromatic N) is 1. The average Bonchev–Trinajstić information content (AvgIpc) is 3.14. The highest BCUT2D eigenvalue weighted by atomic mass is 32.1. The Hall–Kier alpha value is -3.06. The van der Waals surface area contributed by atoms with Crippen LogP contribution < -0.4 is 20.5 Å². The molecule has 0 aliphatic heterocycles. The number of nitrogens with one attached hydrogen (secondary N) is 1. The topological polar surface area (TPSA) is 86.5 Å². The summed E-state index contributed by atoms with van der Waals surface area (Å²) in [6.45, 7) is 0.814. The minimum atomic E-state index is -0.0915. The van der Waals surface area contributed by atoms with E-state index in [1.54, 1.807) is 7.11 Å². The van der Waals surface area contributed by atoms with Crippen molar-refractivity contribution in [2.45, 2.75) is 6.42 Å². The van der Waals surface area contributed by atoms with Gasteiger partial charge in [0.05, 0.1) is 25.8 Å². The molecule has 0 spiro atoms. The summed E-state index contributed by atoms with van der Waals surface area (Å²) in [5, 5.41) is 5.54. The first-order valence-corrected chi connectivity index (χ1v) is 9.36. The third-order valence-electron chi connectivity index (χ3n) is 3.84. The molecule has 0 saturated carbocycles. The molecule has 6 nitrogen and oxygen atoms in total. The van der Waals surface area contributed by atoms with Gasteiger partial charge in [-0.1, -0.05) is 12.1 Å². The van der Waals surface area contributed by atoms with Gasteiger partial charge in [-0.25, -0.2) is 4.98 Å². The number of aromatic nitrogens is 1. The molecular formula is C20H21N3O3S. The van der Waals surface area contributed by atoms with Crippen LogP contribution in [0, 0.1) is 0 Å². The Morgan fingerprint density at radius 3 is 2.63 bits per heavy atom. The van der Waals surface area contributed by atoms with Gasteiger partial charge in [0.25, 0.3) is 0 Å². The minimum Gasteiger partial charge on any atom is -0.497 e. The molecule has 3 rings (SSSR count). The molecule has 2 aromatic carbocycles. The predicted octanol–water partition coefficient (Wildman–Crippen LogP) is 3.14. The van der Waals surface area contributed by atoms with Crippen molar-refractivity contribution < 1.29 is 14.3 Å². The zero-order valence-corrected chi connectivity index (χ0v) is 15.8. The summed E-state index contributed by atoms with van der Waals surface area (Å²) in [7, 11) is 1.62. The van der Waals surface area contributed by atoms with Crippen molar-refractivity contribution in [3.05, 3.63) is 59.6 Å². The van der Waals surface area contributed by atoms with Gasteiger partial charge in [0.1, 0.15) is 23.1 Å². The highest BCUT2D eigenvalue weighted by molar-refractivity contribution is 7.13. The molecule has 7 heteroatoms. The van der Waals surface area contributed by atoms with Gasteiger partial charge in [-0.2, -0.15) is 0 Å². The number of amides is 1. The van der Waals surface area contributed by atoms with Gasteiger partial charge in [-0.05, 0) is 36.4 Å². The van der Waals surface area contributed by atoms with Crippen molar-refractivity contribution in [2.24, 2.45) is 0 Å². The lowest BCUT2D eigenvalue weighted by atomic mass is 10.2. The van der Waals surface area contributed by atoms with E-state index in [1.807, 2.05) is 53.9 Å². The molecule has 0 bridgehead atoms. The highest BCUT2D eigenvalue weighted by Crippen LogP contribution is 2.28. The van der Waals surface area contributed by atoms with Crippen molar-refractivity contribution in [1.29, 1.82) is 0 Å². The Kier molecular flexibility index (Phi) is 6.27. The number of benzene rings is 2. The molecule has 1 aromatic heterocycles. The number of methoxy groups -OCH3 is 1. The second-order valence-electron chi connectivity index (χ2n) is 5.78. The third-order valence-corrected chi connectivity index (χ3v) is 4.76. The molecule has 0 unspecified atom stereocenters. The molecule has 0 aliphatic rings.